The zero-order chi connectivity index (χ0) is 9.00. The molecule has 0 spiro atoms. The van der Waals surface area contributed by atoms with Gasteiger partial charge in [-0.2, -0.15) is 0 Å². The number of hydrogen-bond acceptors (Lipinski definition) is 8. The van der Waals surface area contributed by atoms with Crippen molar-refractivity contribution in [1.29, 1.82) is 0 Å². The van der Waals surface area contributed by atoms with Crippen molar-refractivity contribution in [2.24, 2.45) is 0 Å². The van der Waals surface area contributed by atoms with Crippen LogP contribution in [0, 0.1) is 38.6 Å². The molecule has 0 saturated heterocycles. The zero-order valence-corrected chi connectivity index (χ0v) is 15.8. The molecule has 13 heteroatoms. The summed E-state index contributed by atoms with van der Waals surface area (Å²) >= 11 is 0. The van der Waals surface area contributed by atoms with Crippen LogP contribution in [0.25, 0.3) is 0 Å². The van der Waals surface area contributed by atoms with Crippen LogP contribution in [-0.4, -0.2) is 18.1 Å². The summed E-state index contributed by atoms with van der Waals surface area (Å²) in [5, 5.41) is 0. The summed E-state index contributed by atoms with van der Waals surface area (Å²) in [7, 11) is -11.2. The van der Waals surface area contributed by atoms with Gasteiger partial charge in [0.15, 0.2) is 0 Å². The molecule has 0 bridgehead atoms. The van der Waals surface area contributed by atoms with E-state index in [1.165, 1.54) is 0 Å². The van der Waals surface area contributed by atoms with Gasteiger partial charge in [-0.1, -0.05) is 0 Å². The van der Waals surface area contributed by atoms with Crippen molar-refractivity contribution < 1.29 is 129 Å². The van der Waals surface area contributed by atoms with Crippen molar-refractivity contribution >= 4 is 18.1 Å². The van der Waals surface area contributed by atoms with Gasteiger partial charge in [0.1, 0.15) is 0 Å². The molecule has 0 N–H and O–H groups in total. The molecule has 0 amide bonds. The normalized spacial score (nSPS) is 9.23. The molecule has 0 unspecified atom stereocenters. The molecular formula is O8Si2TbYZn. The van der Waals surface area contributed by atoms with Crippen molar-refractivity contribution in [1.82, 2.24) is 0 Å². The predicted octanol–water partition coefficient (Wildman–Crippen LogP) is -10.3. The van der Waals surface area contributed by atoms with Gasteiger partial charge < -0.3 is 56.5 Å². The topological polar surface area (TPSA) is 184 Å². The number of hydrogen-bond donors (Lipinski definition) is 0. The Labute approximate surface area is 145 Å². The van der Waals surface area contributed by atoms with Crippen LogP contribution in [0.1, 0.15) is 0 Å². The largest absolute Gasteiger partial charge is 3.00 e. The van der Waals surface area contributed by atoms with Gasteiger partial charge in [-0.05, 0) is 0 Å². The third-order valence-corrected chi connectivity index (χ3v) is 0. The first-order valence-corrected chi connectivity index (χ1v) is 4.90. The molecule has 8 nitrogen and oxygen atoms in total. The minimum Gasteiger partial charge on any atom is -0.894 e. The van der Waals surface area contributed by atoms with E-state index in [-0.39, 0.29) is 90.8 Å². The first kappa shape index (κ1) is 29.8. The Morgan fingerprint density at radius 3 is 0.538 bits per heavy atom. The first-order chi connectivity index (χ1) is 4.00. The van der Waals surface area contributed by atoms with E-state index in [9.17, 15) is 0 Å². The second kappa shape index (κ2) is 13.2. The monoisotopic (exact) mass is 496 g/mol. The predicted molar refractivity (Wildman–Crippen MR) is 11.5 cm³/mol. The van der Waals surface area contributed by atoms with Crippen LogP contribution in [-0.2, 0) is 52.2 Å². The van der Waals surface area contributed by atoms with E-state index < -0.39 is 18.1 Å². The van der Waals surface area contributed by atoms with E-state index >= 15 is 0 Å². The molecule has 0 fully saturated rings. The molecule has 70 valence electrons. The smallest absolute Gasteiger partial charge is 0.894 e. The molecule has 0 heterocycles. The van der Waals surface area contributed by atoms with Crippen molar-refractivity contribution in [3.8, 4) is 0 Å². The Hall–Kier alpha value is 3.13. The van der Waals surface area contributed by atoms with Gasteiger partial charge >= 0.3 is 90.8 Å². The van der Waals surface area contributed by atoms with Crippen LogP contribution in [0.5, 0.6) is 0 Å². The van der Waals surface area contributed by atoms with Crippen LogP contribution in [0.4, 0.5) is 0 Å². The minimum atomic E-state index is -5.61. The van der Waals surface area contributed by atoms with Gasteiger partial charge in [-0.25, -0.2) is 0 Å². The summed E-state index contributed by atoms with van der Waals surface area (Å²) < 4.78 is 0. The van der Waals surface area contributed by atoms with Crippen LogP contribution in [0.15, 0.2) is 0 Å². The van der Waals surface area contributed by atoms with E-state index in [0.29, 0.717) is 0 Å². The molecule has 0 aromatic heterocycles. The Kier molecular flexibility index (Phi) is 30.2. The van der Waals surface area contributed by atoms with Crippen molar-refractivity contribution in [2.45, 2.75) is 0 Å². The van der Waals surface area contributed by atoms with Crippen molar-refractivity contribution in [2.75, 3.05) is 0 Å². The average Bonchev–Trinajstić information content (AvgIpc) is 1.12. The molecule has 0 aromatic carbocycles. The third kappa shape index (κ3) is 267. The Morgan fingerprint density at radius 1 is 0.538 bits per heavy atom. The fraction of sp³-hybridized carbons (Fsp3) is 0. The minimum absolute atomic E-state index is 0. The van der Waals surface area contributed by atoms with E-state index in [0.717, 1.165) is 0 Å². The van der Waals surface area contributed by atoms with Gasteiger partial charge in [-0.15, -0.1) is 0 Å². The Bertz CT molecular complexity index is 65.1. The summed E-state index contributed by atoms with van der Waals surface area (Å²) in [6.07, 6.45) is 0. The van der Waals surface area contributed by atoms with Gasteiger partial charge in [0.05, 0.1) is 0 Å². The molecule has 0 saturated carbocycles. The molecule has 0 aliphatic carbocycles. The summed E-state index contributed by atoms with van der Waals surface area (Å²) in [4.78, 5) is 68.6. The van der Waals surface area contributed by atoms with E-state index in [2.05, 4.69) is 0 Å². The third-order valence-electron chi connectivity index (χ3n) is 0. The van der Waals surface area contributed by atoms with Gasteiger partial charge in [-0.3, -0.25) is 0 Å². The molecule has 13 heavy (non-hydrogen) atoms. The first-order valence-electron chi connectivity index (χ1n) is 1.63. The standard InChI is InChI=1S/2O4Si.Tb.Y.Zn/c2*1-5(2,3)4;;;/q2*-4;2*+3;+2. The molecule has 0 aliphatic heterocycles. The molecule has 0 aliphatic rings. The quantitative estimate of drug-likeness (QED) is 0.295. The maximum absolute atomic E-state index is 8.58. The molecule has 0 rings (SSSR count). The summed E-state index contributed by atoms with van der Waals surface area (Å²) in [5.74, 6) is 0. The van der Waals surface area contributed by atoms with Crippen LogP contribution in [0.2, 0.25) is 0 Å². The van der Waals surface area contributed by atoms with Gasteiger partial charge in [0.25, 0.3) is 0 Å². The molecule has 0 radical (unpaired) electrons. The molecular weight excluding hydrogens is 497 g/mol. The summed E-state index contributed by atoms with van der Waals surface area (Å²) in [5.41, 5.74) is 0. The Morgan fingerprint density at radius 2 is 0.538 bits per heavy atom. The van der Waals surface area contributed by atoms with Crippen LogP contribution in [0.3, 0.4) is 0 Å². The average molecular weight is 497 g/mol. The fourth-order valence-corrected chi connectivity index (χ4v) is 0. The number of rotatable bonds is 0. The zero-order valence-electron chi connectivity index (χ0n) is 5.88. The summed E-state index contributed by atoms with van der Waals surface area (Å²) in [6, 6.07) is 0. The van der Waals surface area contributed by atoms with E-state index in [1.807, 2.05) is 0 Å². The van der Waals surface area contributed by atoms with Crippen LogP contribution < -0.4 is 38.4 Å². The maximum Gasteiger partial charge on any atom is 3.00 e. The van der Waals surface area contributed by atoms with Crippen molar-refractivity contribution in [3.63, 3.8) is 0 Å². The second-order valence-corrected chi connectivity index (χ2v) is 3.00. The molecule has 0 aromatic rings. The summed E-state index contributed by atoms with van der Waals surface area (Å²) in [6.45, 7) is 0. The van der Waals surface area contributed by atoms with E-state index in [4.69, 9.17) is 38.4 Å². The SMILES string of the molecule is [O-][Si]([O-])([O-])[O-].[O-][Si]([O-])([O-])[O-].[Tb+3].[Y+3].[Zn+2]. The van der Waals surface area contributed by atoms with Crippen LogP contribution >= 0.6 is 0 Å². The Balaban J connectivity index is -0.0000000267. The van der Waals surface area contributed by atoms with Gasteiger partial charge in [0.2, 0.25) is 0 Å². The molecule has 0 atom stereocenters. The second-order valence-electron chi connectivity index (χ2n) is 1.00. The van der Waals surface area contributed by atoms with E-state index in [1.54, 1.807) is 0 Å². The van der Waals surface area contributed by atoms with Gasteiger partial charge in [0, 0.05) is 0 Å². The fourth-order valence-electron chi connectivity index (χ4n) is 0. The van der Waals surface area contributed by atoms with Crippen molar-refractivity contribution in [3.05, 3.63) is 0 Å². The maximum atomic E-state index is 8.58.